The van der Waals surface area contributed by atoms with Gasteiger partial charge in [-0.1, -0.05) is 19.1 Å². The van der Waals surface area contributed by atoms with Gasteiger partial charge in [-0.05, 0) is 42.9 Å². The second-order valence-electron chi connectivity index (χ2n) is 6.07. The maximum absolute atomic E-state index is 12.3. The van der Waals surface area contributed by atoms with Crippen LogP contribution in [0.15, 0.2) is 53.3 Å². The van der Waals surface area contributed by atoms with E-state index in [0.29, 0.717) is 41.1 Å². The highest BCUT2D eigenvalue weighted by atomic mass is 16.2. The van der Waals surface area contributed by atoms with Gasteiger partial charge in [0.05, 0.1) is 35.6 Å². The smallest absolute Gasteiger partial charge is 0.258 e. The SMILES string of the molecule is CCN(CC(=O)Nc1ccc(C#N)cc1)Cc1nc2ccccc2c(=O)[nH]1. The van der Waals surface area contributed by atoms with Crippen LogP contribution in [0.4, 0.5) is 5.69 Å². The molecule has 0 radical (unpaired) electrons. The zero-order valence-corrected chi connectivity index (χ0v) is 14.9. The molecule has 0 atom stereocenters. The van der Waals surface area contributed by atoms with Gasteiger partial charge >= 0.3 is 0 Å². The van der Waals surface area contributed by atoms with Gasteiger partial charge in [0.15, 0.2) is 0 Å². The number of hydrogen-bond donors (Lipinski definition) is 2. The third-order valence-electron chi connectivity index (χ3n) is 4.15. The molecule has 1 amide bonds. The number of para-hydroxylation sites is 1. The fourth-order valence-corrected chi connectivity index (χ4v) is 2.73. The van der Waals surface area contributed by atoms with E-state index in [1.165, 1.54) is 0 Å². The summed E-state index contributed by atoms with van der Waals surface area (Å²) in [4.78, 5) is 33.6. The van der Waals surface area contributed by atoms with Crippen LogP contribution in [0.5, 0.6) is 0 Å². The first-order chi connectivity index (χ1) is 13.1. The number of carbonyl (C=O) groups excluding carboxylic acids is 1. The Labute approximate surface area is 156 Å². The molecule has 3 rings (SSSR count). The molecule has 2 aromatic carbocycles. The molecule has 1 heterocycles. The largest absolute Gasteiger partial charge is 0.325 e. The number of amides is 1. The van der Waals surface area contributed by atoms with Crippen molar-refractivity contribution in [3.05, 3.63) is 70.3 Å². The third-order valence-corrected chi connectivity index (χ3v) is 4.15. The number of anilines is 1. The first kappa shape index (κ1) is 18.3. The molecule has 2 N–H and O–H groups in total. The molecule has 0 saturated carbocycles. The Morgan fingerprint density at radius 1 is 1.22 bits per heavy atom. The Bertz CT molecular complexity index is 1050. The fraction of sp³-hybridized carbons (Fsp3) is 0.200. The number of nitrogens with zero attached hydrogens (tertiary/aromatic N) is 3. The first-order valence-corrected chi connectivity index (χ1v) is 8.59. The molecule has 0 unspecified atom stereocenters. The number of likely N-dealkylation sites (N-methyl/N-ethyl adjacent to an activating group) is 1. The lowest BCUT2D eigenvalue weighted by molar-refractivity contribution is -0.117. The van der Waals surface area contributed by atoms with Crippen LogP contribution < -0.4 is 10.9 Å². The van der Waals surface area contributed by atoms with Crippen LogP contribution in [-0.2, 0) is 11.3 Å². The maximum Gasteiger partial charge on any atom is 0.258 e. The van der Waals surface area contributed by atoms with Crippen LogP contribution in [0.1, 0.15) is 18.3 Å². The quantitative estimate of drug-likeness (QED) is 0.701. The summed E-state index contributed by atoms with van der Waals surface area (Å²) in [5.74, 6) is 0.344. The van der Waals surface area contributed by atoms with E-state index in [1.807, 2.05) is 24.0 Å². The van der Waals surface area contributed by atoms with Crippen molar-refractivity contribution in [2.75, 3.05) is 18.4 Å². The molecule has 0 bridgehead atoms. The van der Waals surface area contributed by atoms with Crippen LogP contribution in [0.25, 0.3) is 10.9 Å². The normalized spacial score (nSPS) is 10.7. The number of rotatable bonds is 6. The van der Waals surface area contributed by atoms with Gasteiger partial charge in [-0.25, -0.2) is 4.98 Å². The van der Waals surface area contributed by atoms with Crippen LogP contribution in [0.3, 0.4) is 0 Å². The number of carbonyl (C=O) groups is 1. The number of nitriles is 1. The van der Waals surface area contributed by atoms with E-state index in [2.05, 4.69) is 15.3 Å². The van der Waals surface area contributed by atoms with Gasteiger partial charge in [0.25, 0.3) is 5.56 Å². The van der Waals surface area contributed by atoms with Crippen molar-refractivity contribution >= 4 is 22.5 Å². The lowest BCUT2D eigenvalue weighted by Gasteiger charge is -2.19. The molecule has 136 valence electrons. The Kier molecular flexibility index (Phi) is 5.59. The highest BCUT2D eigenvalue weighted by molar-refractivity contribution is 5.92. The predicted molar refractivity (Wildman–Crippen MR) is 103 cm³/mol. The topological polar surface area (TPSA) is 102 Å². The predicted octanol–water partition coefficient (Wildman–Crippen LogP) is 2.26. The zero-order valence-electron chi connectivity index (χ0n) is 14.9. The van der Waals surface area contributed by atoms with E-state index in [0.717, 1.165) is 0 Å². The van der Waals surface area contributed by atoms with Crippen LogP contribution >= 0.6 is 0 Å². The Hall–Kier alpha value is -3.50. The zero-order chi connectivity index (χ0) is 19.2. The van der Waals surface area contributed by atoms with E-state index in [-0.39, 0.29) is 18.0 Å². The third kappa shape index (κ3) is 4.57. The summed E-state index contributed by atoms with van der Waals surface area (Å²) < 4.78 is 0. The van der Waals surface area contributed by atoms with Gasteiger partial charge in [-0.2, -0.15) is 5.26 Å². The molecule has 0 aliphatic carbocycles. The molecule has 0 aliphatic heterocycles. The standard InChI is InChI=1S/C20H19N5O2/c1-2-25(13-19(26)22-15-9-7-14(11-21)8-10-15)12-18-23-17-6-4-3-5-16(17)20(27)24-18/h3-10H,2,12-13H2,1H3,(H,22,26)(H,23,24,27). The van der Waals surface area contributed by atoms with Gasteiger partial charge in [0.1, 0.15) is 5.82 Å². The summed E-state index contributed by atoms with van der Waals surface area (Å²) in [7, 11) is 0. The number of benzene rings is 2. The number of aromatic nitrogens is 2. The van der Waals surface area contributed by atoms with Crippen LogP contribution in [-0.4, -0.2) is 33.9 Å². The first-order valence-electron chi connectivity index (χ1n) is 8.59. The molecule has 0 saturated heterocycles. The number of hydrogen-bond acceptors (Lipinski definition) is 5. The van der Waals surface area contributed by atoms with Crippen molar-refractivity contribution in [3.8, 4) is 6.07 Å². The second-order valence-corrected chi connectivity index (χ2v) is 6.07. The molecular weight excluding hydrogens is 342 g/mol. The number of nitrogens with one attached hydrogen (secondary N) is 2. The van der Waals surface area contributed by atoms with Crippen molar-refractivity contribution in [2.24, 2.45) is 0 Å². The number of fused-ring (bicyclic) bond motifs is 1. The molecule has 0 fully saturated rings. The maximum atomic E-state index is 12.3. The number of aromatic amines is 1. The minimum absolute atomic E-state index is 0.160. The molecule has 0 spiro atoms. The molecular formula is C20H19N5O2. The molecule has 27 heavy (non-hydrogen) atoms. The van der Waals surface area contributed by atoms with Crippen molar-refractivity contribution in [1.82, 2.24) is 14.9 Å². The van der Waals surface area contributed by atoms with Gasteiger partial charge < -0.3 is 10.3 Å². The summed E-state index contributed by atoms with van der Waals surface area (Å²) in [6, 6.07) is 15.9. The summed E-state index contributed by atoms with van der Waals surface area (Å²) in [5, 5.41) is 12.2. The molecule has 0 aliphatic rings. The molecule has 1 aromatic heterocycles. The summed E-state index contributed by atoms with van der Waals surface area (Å²) >= 11 is 0. The van der Waals surface area contributed by atoms with Crippen LogP contribution in [0.2, 0.25) is 0 Å². The number of H-pyrrole nitrogens is 1. The minimum atomic E-state index is -0.186. The van der Waals surface area contributed by atoms with E-state index in [1.54, 1.807) is 42.5 Å². The summed E-state index contributed by atoms with van der Waals surface area (Å²) in [6.07, 6.45) is 0. The average molecular weight is 361 g/mol. The lowest BCUT2D eigenvalue weighted by atomic mass is 10.2. The monoisotopic (exact) mass is 361 g/mol. The second kappa shape index (κ2) is 8.25. The summed E-state index contributed by atoms with van der Waals surface area (Å²) in [5.41, 5.74) is 1.62. The fourth-order valence-electron chi connectivity index (χ4n) is 2.73. The Morgan fingerprint density at radius 2 is 1.96 bits per heavy atom. The van der Waals surface area contributed by atoms with Gasteiger partial charge in [0, 0.05) is 5.69 Å². The molecule has 3 aromatic rings. The van der Waals surface area contributed by atoms with E-state index >= 15 is 0 Å². The Morgan fingerprint density at radius 3 is 2.67 bits per heavy atom. The molecule has 7 nitrogen and oxygen atoms in total. The average Bonchev–Trinajstić information content (AvgIpc) is 2.68. The van der Waals surface area contributed by atoms with Gasteiger partial charge in [-0.3, -0.25) is 14.5 Å². The van der Waals surface area contributed by atoms with Crippen molar-refractivity contribution in [2.45, 2.75) is 13.5 Å². The van der Waals surface area contributed by atoms with E-state index in [4.69, 9.17) is 5.26 Å². The highest BCUT2D eigenvalue weighted by Gasteiger charge is 2.12. The van der Waals surface area contributed by atoms with Crippen molar-refractivity contribution in [1.29, 1.82) is 5.26 Å². The van der Waals surface area contributed by atoms with E-state index in [9.17, 15) is 9.59 Å². The molecule has 7 heteroatoms. The van der Waals surface area contributed by atoms with Crippen molar-refractivity contribution in [3.63, 3.8) is 0 Å². The van der Waals surface area contributed by atoms with Gasteiger partial charge in [-0.15, -0.1) is 0 Å². The van der Waals surface area contributed by atoms with Gasteiger partial charge in [0.2, 0.25) is 5.91 Å². The Balaban J connectivity index is 1.67. The van der Waals surface area contributed by atoms with E-state index < -0.39 is 0 Å². The summed E-state index contributed by atoms with van der Waals surface area (Å²) in [6.45, 7) is 3.08. The minimum Gasteiger partial charge on any atom is -0.325 e. The lowest BCUT2D eigenvalue weighted by Crippen LogP contribution is -2.33. The van der Waals surface area contributed by atoms with Crippen LogP contribution in [0, 0.1) is 11.3 Å². The van der Waals surface area contributed by atoms with Crippen molar-refractivity contribution < 1.29 is 4.79 Å². The highest BCUT2D eigenvalue weighted by Crippen LogP contribution is 2.10.